The average Bonchev–Trinajstić information content (AvgIpc) is 2.79. The fraction of sp³-hybridized carbons (Fsp3) is 0.812. The third-order valence-corrected chi connectivity index (χ3v) is 5.98. The predicted octanol–water partition coefficient (Wildman–Crippen LogP) is 4.09. The molecule has 0 saturated carbocycles. The van der Waals surface area contributed by atoms with Crippen molar-refractivity contribution in [3.8, 4) is 0 Å². The van der Waals surface area contributed by atoms with Crippen LogP contribution in [0.1, 0.15) is 58.0 Å². The number of nitrogens with zero attached hydrogens (tertiary/aromatic N) is 2. The van der Waals surface area contributed by atoms with E-state index in [4.69, 9.17) is 4.98 Å². The summed E-state index contributed by atoms with van der Waals surface area (Å²) >= 11 is 3.98. The second-order valence-electron chi connectivity index (χ2n) is 6.66. The summed E-state index contributed by atoms with van der Waals surface area (Å²) in [6.45, 7) is 16.7. The van der Waals surface area contributed by atoms with E-state index in [0.717, 1.165) is 19.6 Å². The molecule has 2 unspecified atom stereocenters. The van der Waals surface area contributed by atoms with Gasteiger partial charge in [-0.15, -0.1) is 11.3 Å². The quantitative estimate of drug-likeness (QED) is 0.881. The van der Waals surface area contributed by atoms with Crippen LogP contribution in [0.25, 0.3) is 0 Å². The fourth-order valence-corrected chi connectivity index (χ4v) is 5.20. The van der Waals surface area contributed by atoms with Crippen LogP contribution in [0.5, 0.6) is 0 Å². The predicted molar refractivity (Wildman–Crippen MR) is 96.9 cm³/mol. The van der Waals surface area contributed by atoms with E-state index in [1.165, 1.54) is 15.7 Å². The maximum absolute atomic E-state index is 4.98. The van der Waals surface area contributed by atoms with Crippen molar-refractivity contribution in [1.29, 1.82) is 0 Å². The lowest BCUT2D eigenvalue weighted by Gasteiger charge is -2.34. The van der Waals surface area contributed by atoms with E-state index in [1.807, 2.05) is 11.3 Å². The summed E-state index contributed by atoms with van der Waals surface area (Å²) < 4.78 is 0. The van der Waals surface area contributed by atoms with Crippen LogP contribution in [0.15, 0.2) is 0 Å². The highest BCUT2D eigenvalue weighted by Crippen LogP contribution is 2.34. The minimum atomic E-state index is 0.493. The Morgan fingerprint density at radius 1 is 1.19 bits per heavy atom. The number of anilines is 1. The molecule has 0 radical (unpaired) electrons. The molecule has 2 rings (SSSR count). The molecule has 1 fully saturated rings. The summed E-state index contributed by atoms with van der Waals surface area (Å²) in [6.07, 6.45) is 0. The van der Waals surface area contributed by atoms with Crippen molar-refractivity contribution in [2.24, 2.45) is 0 Å². The van der Waals surface area contributed by atoms with Crippen molar-refractivity contribution in [3.63, 3.8) is 0 Å². The van der Waals surface area contributed by atoms with Crippen LogP contribution in [0.2, 0.25) is 0 Å². The first kappa shape index (κ1) is 17.1. The van der Waals surface area contributed by atoms with Gasteiger partial charge in [-0.2, -0.15) is 11.8 Å². The van der Waals surface area contributed by atoms with Crippen molar-refractivity contribution in [2.45, 2.75) is 70.5 Å². The number of thioether (sulfide) groups is 1. The highest BCUT2D eigenvalue weighted by atomic mass is 32.2. The first-order chi connectivity index (χ1) is 9.86. The van der Waals surface area contributed by atoms with Crippen LogP contribution in [0, 0.1) is 0 Å². The molecule has 120 valence electrons. The molecule has 1 N–H and O–H groups in total. The Morgan fingerprint density at radius 3 is 2.33 bits per heavy atom. The van der Waals surface area contributed by atoms with Gasteiger partial charge in [-0.05, 0) is 5.92 Å². The maximum atomic E-state index is 4.98. The van der Waals surface area contributed by atoms with Crippen molar-refractivity contribution in [1.82, 2.24) is 10.3 Å². The first-order valence-electron chi connectivity index (χ1n) is 8.00. The van der Waals surface area contributed by atoms with Crippen molar-refractivity contribution < 1.29 is 0 Å². The molecule has 2 atom stereocenters. The molecule has 1 aliphatic rings. The van der Waals surface area contributed by atoms with E-state index >= 15 is 0 Å². The Hall–Kier alpha value is -0.260. The number of hydrogen-bond donors (Lipinski definition) is 1. The summed E-state index contributed by atoms with van der Waals surface area (Å²) in [7, 11) is 0. The Labute approximate surface area is 137 Å². The van der Waals surface area contributed by atoms with E-state index in [-0.39, 0.29) is 0 Å². The lowest BCUT2D eigenvalue weighted by molar-refractivity contribution is 0.588. The molecule has 0 spiro atoms. The summed E-state index contributed by atoms with van der Waals surface area (Å²) in [5, 5.41) is 6.14. The maximum Gasteiger partial charge on any atom is 0.185 e. The minimum Gasteiger partial charge on any atom is -0.346 e. The molecule has 0 bridgehead atoms. The van der Waals surface area contributed by atoms with Crippen LogP contribution >= 0.6 is 23.1 Å². The zero-order valence-electron chi connectivity index (χ0n) is 14.1. The van der Waals surface area contributed by atoms with Crippen LogP contribution in [-0.2, 0) is 6.54 Å². The summed E-state index contributed by atoms with van der Waals surface area (Å²) in [5.74, 6) is 0.493. The van der Waals surface area contributed by atoms with Gasteiger partial charge < -0.3 is 10.2 Å². The highest BCUT2D eigenvalue weighted by molar-refractivity contribution is 8.00. The zero-order chi connectivity index (χ0) is 15.6. The molecule has 1 aromatic heterocycles. The fourth-order valence-electron chi connectivity index (χ4n) is 2.69. The monoisotopic (exact) mass is 327 g/mol. The SMILES string of the molecule is CC(C)NCc1sc(N2CC(C)SC(C)C2)nc1C(C)C. The van der Waals surface area contributed by atoms with E-state index < -0.39 is 0 Å². The topological polar surface area (TPSA) is 28.2 Å². The third-order valence-electron chi connectivity index (χ3n) is 3.62. The Balaban J connectivity index is 2.18. The van der Waals surface area contributed by atoms with Gasteiger partial charge >= 0.3 is 0 Å². The van der Waals surface area contributed by atoms with Gasteiger partial charge in [-0.1, -0.05) is 41.5 Å². The van der Waals surface area contributed by atoms with Crippen molar-refractivity contribution >= 4 is 28.2 Å². The lowest BCUT2D eigenvalue weighted by atomic mass is 10.1. The highest BCUT2D eigenvalue weighted by Gasteiger charge is 2.26. The molecule has 1 aromatic rings. The molecule has 1 saturated heterocycles. The largest absolute Gasteiger partial charge is 0.346 e. The first-order valence-corrected chi connectivity index (χ1v) is 9.76. The number of aromatic nitrogens is 1. The van der Waals surface area contributed by atoms with Gasteiger partial charge in [-0.3, -0.25) is 0 Å². The number of rotatable bonds is 5. The Kier molecular flexibility index (Phi) is 5.97. The molecular weight excluding hydrogens is 298 g/mol. The third kappa shape index (κ3) is 4.60. The number of hydrogen-bond acceptors (Lipinski definition) is 5. The van der Waals surface area contributed by atoms with Crippen LogP contribution in [-0.4, -0.2) is 34.6 Å². The molecule has 0 amide bonds. The number of thiazole rings is 1. The summed E-state index contributed by atoms with van der Waals surface area (Å²) in [6, 6.07) is 0.516. The molecule has 5 heteroatoms. The summed E-state index contributed by atoms with van der Waals surface area (Å²) in [4.78, 5) is 8.87. The van der Waals surface area contributed by atoms with Crippen molar-refractivity contribution in [3.05, 3.63) is 10.6 Å². The van der Waals surface area contributed by atoms with E-state index in [0.29, 0.717) is 22.5 Å². The van der Waals surface area contributed by atoms with Crippen LogP contribution < -0.4 is 10.2 Å². The molecule has 21 heavy (non-hydrogen) atoms. The molecule has 0 aromatic carbocycles. The van der Waals surface area contributed by atoms with Crippen LogP contribution in [0.4, 0.5) is 5.13 Å². The molecule has 1 aliphatic heterocycles. The van der Waals surface area contributed by atoms with Crippen molar-refractivity contribution in [2.75, 3.05) is 18.0 Å². The van der Waals surface area contributed by atoms with Gasteiger partial charge in [0.15, 0.2) is 5.13 Å². The average molecular weight is 328 g/mol. The number of nitrogens with one attached hydrogen (secondary N) is 1. The van der Waals surface area contributed by atoms with E-state index in [2.05, 4.69) is 63.5 Å². The second kappa shape index (κ2) is 7.34. The van der Waals surface area contributed by atoms with E-state index in [1.54, 1.807) is 0 Å². The standard InChI is InChI=1S/C16H29N3S2/c1-10(2)15-14(7-17-11(3)4)21-16(18-15)19-8-12(5)20-13(6)9-19/h10-13,17H,7-9H2,1-6H3. The molecule has 0 aliphatic carbocycles. The van der Waals surface area contributed by atoms with Gasteiger partial charge in [0.25, 0.3) is 0 Å². The lowest BCUT2D eigenvalue weighted by Crippen LogP contribution is -2.40. The van der Waals surface area contributed by atoms with Gasteiger partial charge in [0.1, 0.15) is 0 Å². The molecule has 3 nitrogen and oxygen atoms in total. The molecule has 2 heterocycles. The normalized spacial score (nSPS) is 23.3. The van der Waals surface area contributed by atoms with Gasteiger partial charge in [0.2, 0.25) is 0 Å². The van der Waals surface area contributed by atoms with Crippen LogP contribution in [0.3, 0.4) is 0 Å². The Bertz CT molecular complexity index is 446. The Morgan fingerprint density at radius 2 is 1.81 bits per heavy atom. The van der Waals surface area contributed by atoms with Gasteiger partial charge in [0, 0.05) is 41.1 Å². The smallest absolute Gasteiger partial charge is 0.185 e. The van der Waals surface area contributed by atoms with E-state index in [9.17, 15) is 0 Å². The van der Waals surface area contributed by atoms with Gasteiger partial charge in [0.05, 0.1) is 5.69 Å². The summed E-state index contributed by atoms with van der Waals surface area (Å²) in [5.41, 5.74) is 1.28. The second-order valence-corrected chi connectivity index (χ2v) is 9.60. The molecular formula is C16H29N3S2. The minimum absolute atomic E-state index is 0.493. The van der Waals surface area contributed by atoms with Gasteiger partial charge in [-0.25, -0.2) is 4.98 Å². The zero-order valence-corrected chi connectivity index (χ0v) is 15.8.